The van der Waals surface area contributed by atoms with Crippen LogP contribution in [0.1, 0.15) is 69.4 Å². The number of benzene rings is 3. The third-order valence-electron chi connectivity index (χ3n) is 2.69. The van der Waals surface area contributed by atoms with E-state index >= 15 is 0 Å². The Kier molecular flexibility index (Phi) is 51.5. The van der Waals surface area contributed by atoms with Crippen LogP contribution in [0, 0.1) is 11.8 Å². The van der Waals surface area contributed by atoms with Gasteiger partial charge in [-0.2, -0.15) is 0 Å². The maximum atomic E-state index is 9.61. The van der Waals surface area contributed by atoms with Crippen LogP contribution in [0.2, 0.25) is 0 Å². The Labute approximate surface area is 200 Å². The molecule has 0 radical (unpaired) electrons. The monoisotopic (exact) mass is 445 g/mol. The van der Waals surface area contributed by atoms with Gasteiger partial charge in [-0.1, -0.05) is 136 Å². The van der Waals surface area contributed by atoms with E-state index in [9.17, 15) is 4.91 Å². The van der Waals surface area contributed by atoms with Gasteiger partial charge < -0.3 is 5.73 Å². The van der Waals surface area contributed by atoms with Gasteiger partial charge in [0, 0.05) is 5.69 Å². The molecule has 0 spiro atoms. The quantitative estimate of drug-likeness (QED) is 0.234. The van der Waals surface area contributed by atoms with E-state index in [1.165, 1.54) is 5.56 Å². The number of nitrogens with two attached hydrogens (primary N) is 1. The van der Waals surface area contributed by atoms with E-state index in [1.54, 1.807) is 12.1 Å². The molecule has 0 fully saturated rings. The van der Waals surface area contributed by atoms with E-state index < -0.39 is 0 Å². The zero-order valence-corrected chi connectivity index (χ0v) is 19.1. The molecule has 0 aromatic heterocycles. The van der Waals surface area contributed by atoms with Crippen LogP contribution in [0.5, 0.6) is 0 Å². The summed E-state index contributed by atoms with van der Waals surface area (Å²) in [6.07, 6.45) is 0. The van der Waals surface area contributed by atoms with E-state index in [0.29, 0.717) is 5.69 Å². The minimum absolute atomic E-state index is 0. The molecule has 184 valence electrons. The van der Waals surface area contributed by atoms with Gasteiger partial charge in [-0.15, -0.1) is 4.91 Å². The highest BCUT2D eigenvalue weighted by atomic mass is 16.3. The van der Waals surface area contributed by atoms with Crippen molar-refractivity contribution >= 4 is 11.4 Å². The second-order valence-corrected chi connectivity index (χ2v) is 4.63. The summed E-state index contributed by atoms with van der Waals surface area (Å²) in [5.74, 6) is 0. The first-order valence-corrected chi connectivity index (χ1v) is 10.2. The molecule has 0 aliphatic rings. The molecule has 0 unspecified atom stereocenters. The first kappa shape index (κ1) is 42.9. The van der Waals surface area contributed by atoms with Crippen LogP contribution in [0.25, 0.3) is 0 Å². The van der Waals surface area contributed by atoms with Gasteiger partial charge in [0.05, 0.1) is 11.0 Å². The SMILES string of the molecule is C.C.C.CC.CC.CC.Cc1ccccc1.Nc1ccccc1.O=NNc1ccccc1. The lowest BCUT2D eigenvalue weighted by Crippen LogP contribution is -1.82. The second kappa shape index (κ2) is 38.5. The summed E-state index contributed by atoms with van der Waals surface area (Å²) in [5, 5.41) is 2.51. The van der Waals surface area contributed by atoms with E-state index in [-0.39, 0.29) is 22.3 Å². The van der Waals surface area contributed by atoms with E-state index in [0.717, 1.165) is 5.69 Å². The summed E-state index contributed by atoms with van der Waals surface area (Å²) >= 11 is 0. The maximum absolute atomic E-state index is 9.61. The van der Waals surface area contributed by atoms with Crippen molar-refractivity contribution in [1.82, 2.24) is 0 Å². The minimum atomic E-state index is 0. The second-order valence-electron chi connectivity index (χ2n) is 4.63. The lowest BCUT2D eigenvalue weighted by atomic mass is 10.2. The predicted octanol–water partition coefficient (Wildman–Crippen LogP) is 10.0. The molecular formula is C28H51N3O. The normalized spacial score (nSPS) is 6.72. The van der Waals surface area contributed by atoms with Gasteiger partial charge in [-0.25, -0.2) is 5.43 Å². The van der Waals surface area contributed by atoms with Crippen molar-refractivity contribution in [3.63, 3.8) is 0 Å². The Bertz CT molecular complexity index is 608. The molecule has 3 N–H and O–H groups in total. The molecule has 0 aliphatic carbocycles. The molecule has 0 saturated carbocycles. The van der Waals surface area contributed by atoms with Crippen LogP contribution in [0.15, 0.2) is 96.3 Å². The van der Waals surface area contributed by atoms with Gasteiger partial charge in [-0.05, 0) is 31.2 Å². The molecule has 32 heavy (non-hydrogen) atoms. The zero-order chi connectivity index (χ0) is 22.8. The van der Waals surface area contributed by atoms with Crippen LogP contribution in [0.3, 0.4) is 0 Å². The van der Waals surface area contributed by atoms with Crippen molar-refractivity contribution in [2.75, 3.05) is 11.2 Å². The fourth-order valence-electron chi connectivity index (χ4n) is 1.55. The van der Waals surface area contributed by atoms with Crippen molar-refractivity contribution in [1.29, 1.82) is 0 Å². The third-order valence-corrected chi connectivity index (χ3v) is 2.69. The smallest absolute Gasteiger partial charge is 0.0594 e. The van der Waals surface area contributed by atoms with Gasteiger partial charge in [-0.3, -0.25) is 0 Å². The molecule has 3 rings (SSSR count). The fourth-order valence-corrected chi connectivity index (χ4v) is 1.55. The first-order chi connectivity index (χ1) is 14.2. The summed E-state index contributed by atoms with van der Waals surface area (Å²) in [5.41, 5.74) is 10.5. The van der Waals surface area contributed by atoms with Crippen LogP contribution in [-0.2, 0) is 0 Å². The van der Waals surface area contributed by atoms with E-state index in [4.69, 9.17) is 5.73 Å². The Morgan fingerprint density at radius 3 is 1.12 bits per heavy atom. The number of hydrogen-bond acceptors (Lipinski definition) is 3. The average molecular weight is 446 g/mol. The molecule has 0 saturated heterocycles. The van der Waals surface area contributed by atoms with Gasteiger partial charge in [0.25, 0.3) is 0 Å². The highest BCUT2D eigenvalue weighted by Crippen LogP contribution is 2.03. The number of rotatable bonds is 2. The Hall–Kier alpha value is -3.14. The molecule has 0 aliphatic heterocycles. The number of aryl methyl sites for hydroxylation is 1. The van der Waals surface area contributed by atoms with E-state index in [2.05, 4.69) is 29.8 Å². The summed E-state index contributed by atoms with van der Waals surface area (Å²) in [6, 6.07) is 28.8. The predicted molar refractivity (Wildman–Crippen MR) is 152 cm³/mol. The number of nitrogen functional groups attached to an aromatic ring is 1. The van der Waals surface area contributed by atoms with Gasteiger partial charge in [0.15, 0.2) is 0 Å². The van der Waals surface area contributed by atoms with Crippen molar-refractivity contribution in [3.8, 4) is 0 Å². The van der Waals surface area contributed by atoms with Gasteiger partial charge in [0.2, 0.25) is 0 Å². The highest BCUT2D eigenvalue weighted by molar-refractivity contribution is 5.41. The number of nitroso groups, excluding NO2 is 1. The number of nitrogens with zero attached hydrogens (tertiary/aromatic N) is 1. The summed E-state index contributed by atoms with van der Waals surface area (Å²) in [4.78, 5) is 9.61. The Morgan fingerprint density at radius 2 is 0.906 bits per heavy atom. The van der Waals surface area contributed by atoms with Crippen molar-refractivity contribution in [2.45, 2.75) is 70.7 Å². The molecule has 0 bridgehead atoms. The molecule has 0 heterocycles. The van der Waals surface area contributed by atoms with Crippen LogP contribution in [0.4, 0.5) is 11.4 Å². The molecule has 3 aromatic carbocycles. The van der Waals surface area contributed by atoms with E-state index in [1.807, 2.05) is 108 Å². The third kappa shape index (κ3) is 31.6. The van der Waals surface area contributed by atoms with Crippen molar-refractivity contribution < 1.29 is 0 Å². The summed E-state index contributed by atoms with van der Waals surface area (Å²) < 4.78 is 0. The first-order valence-electron chi connectivity index (χ1n) is 10.2. The number of nitrogens with one attached hydrogen (secondary N) is 1. The molecular weight excluding hydrogens is 394 g/mol. The molecule has 4 heteroatoms. The average Bonchev–Trinajstić information content (AvgIpc) is 2.81. The van der Waals surface area contributed by atoms with Crippen LogP contribution >= 0.6 is 0 Å². The number of para-hydroxylation sites is 2. The highest BCUT2D eigenvalue weighted by Gasteiger charge is 1.82. The summed E-state index contributed by atoms with van der Waals surface area (Å²) in [7, 11) is 0. The number of anilines is 2. The van der Waals surface area contributed by atoms with Crippen LogP contribution < -0.4 is 11.2 Å². The van der Waals surface area contributed by atoms with Crippen LogP contribution in [-0.4, -0.2) is 0 Å². The minimum Gasteiger partial charge on any atom is -0.399 e. The lowest BCUT2D eigenvalue weighted by molar-refractivity contribution is 1.32. The largest absolute Gasteiger partial charge is 0.399 e. The lowest BCUT2D eigenvalue weighted by Gasteiger charge is -1.91. The van der Waals surface area contributed by atoms with Gasteiger partial charge >= 0.3 is 0 Å². The van der Waals surface area contributed by atoms with Crippen molar-refractivity contribution in [2.24, 2.45) is 5.29 Å². The molecule has 0 amide bonds. The topological polar surface area (TPSA) is 67.5 Å². The molecule has 0 atom stereocenters. The zero-order valence-electron chi connectivity index (χ0n) is 19.1. The number of hydrogen-bond donors (Lipinski definition) is 2. The molecule has 4 nitrogen and oxygen atoms in total. The van der Waals surface area contributed by atoms with Crippen molar-refractivity contribution in [3.05, 3.63) is 101 Å². The standard InChI is InChI=1S/C7H8.C6H6N2O.C6H7N.3C2H6.3CH4/c1-7-5-3-2-4-6-7;9-8-7-6-4-2-1-3-5-6;7-6-4-2-1-3-5-6;3*1-2;;;/h2-6H,1H3;1-5H,(H,7,9);1-5H,7H2;3*1-2H3;3*1H4. The van der Waals surface area contributed by atoms with Gasteiger partial charge in [0.1, 0.15) is 0 Å². The molecule has 3 aromatic rings. The maximum Gasteiger partial charge on any atom is 0.0594 e. The Balaban J connectivity index is -0.0000000683. The fraction of sp³-hybridized carbons (Fsp3) is 0.357. The summed E-state index contributed by atoms with van der Waals surface area (Å²) in [6.45, 7) is 14.1. The Morgan fingerprint density at radius 1 is 0.594 bits per heavy atom.